The molecule has 0 aliphatic heterocycles. The third kappa shape index (κ3) is 3.63. The fourth-order valence-electron chi connectivity index (χ4n) is 1.62. The van der Waals surface area contributed by atoms with Gasteiger partial charge in [0, 0.05) is 15.1 Å². The lowest BCUT2D eigenvalue weighted by Gasteiger charge is -2.10. The van der Waals surface area contributed by atoms with Gasteiger partial charge in [-0.25, -0.2) is 8.42 Å². The Morgan fingerprint density at radius 2 is 1.95 bits per heavy atom. The highest BCUT2D eigenvalue weighted by molar-refractivity contribution is 14.1. The lowest BCUT2D eigenvalue weighted by molar-refractivity contribution is 0.601. The molecular formula is C13H12ClIN2O2S. The Bertz CT molecular complexity index is 735. The number of sulfonamides is 1. The van der Waals surface area contributed by atoms with E-state index in [4.69, 9.17) is 17.3 Å². The maximum atomic E-state index is 12.3. The van der Waals surface area contributed by atoms with Crippen LogP contribution in [0.1, 0.15) is 5.56 Å². The van der Waals surface area contributed by atoms with Gasteiger partial charge in [-0.15, -0.1) is 0 Å². The molecule has 0 heterocycles. The van der Waals surface area contributed by atoms with Gasteiger partial charge < -0.3 is 5.73 Å². The molecule has 20 heavy (non-hydrogen) atoms. The zero-order valence-corrected chi connectivity index (χ0v) is 14.0. The molecule has 0 spiro atoms. The normalized spacial score (nSPS) is 11.3. The first-order chi connectivity index (χ1) is 9.42. The number of hydrogen-bond donors (Lipinski definition) is 2. The molecular weight excluding hydrogens is 411 g/mol. The van der Waals surface area contributed by atoms with Crippen molar-refractivity contribution in [2.24, 2.45) is 5.73 Å². The van der Waals surface area contributed by atoms with Gasteiger partial charge in [0.05, 0.1) is 10.6 Å². The summed E-state index contributed by atoms with van der Waals surface area (Å²) in [5.41, 5.74) is 6.78. The average molecular weight is 423 g/mol. The lowest BCUT2D eigenvalue weighted by Crippen LogP contribution is -2.14. The lowest BCUT2D eigenvalue weighted by atomic mass is 10.2. The molecule has 2 aromatic carbocycles. The molecule has 0 fully saturated rings. The molecule has 3 N–H and O–H groups in total. The molecule has 0 saturated carbocycles. The number of hydrogen-bond acceptors (Lipinski definition) is 3. The Hall–Kier alpha value is -0.830. The molecule has 0 aliphatic rings. The molecule has 0 saturated heterocycles. The number of anilines is 1. The third-order valence-corrected chi connectivity index (χ3v) is 5.11. The number of rotatable bonds is 4. The molecule has 2 rings (SSSR count). The molecule has 0 radical (unpaired) electrons. The van der Waals surface area contributed by atoms with Crippen LogP contribution in [0.5, 0.6) is 0 Å². The van der Waals surface area contributed by atoms with Crippen molar-refractivity contribution >= 4 is 49.9 Å². The first-order valence-corrected chi connectivity index (χ1v) is 8.63. The number of nitrogens with two attached hydrogens (primary N) is 1. The maximum Gasteiger partial charge on any atom is 0.261 e. The van der Waals surface area contributed by atoms with Crippen molar-refractivity contribution in [3.8, 4) is 0 Å². The largest absolute Gasteiger partial charge is 0.326 e. The van der Waals surface area contributed by atoms with E-state index in [-0.39, 0.29) is 4.90 Å². The molecule has 0 aromatic heterocycles. The summed E-state index contributed by atoms with van der Waals surface area (Å²) >= 11 is 7.88. The summed E-state index contributed by atoms with van der Waals surface area (Å²) < 4.78 is 27.9. The standard InChI is InChI=1S/C13H12ClIN2O2S/c14-10-4-5-13(12(15)7-10)17-20(18,19)11-3-1-2-9(6-11)8-16/h1-7,17H,8,16H2. The van der Waals surface area contributed by atoms with Gasteiger partial charge in [0.15, 0.2) is 0 Å². The van der Waals surface area contributed by atoms with Crippen molar-refractivity contribution in [3.63, 3.8) is 0 Å². The van der Waals surface area contributed by atoms with Gasteiger partial charge in [-0.05, 0) is 58.5 Å². The van der Waals surface area contributed by atoms with E-state index in [9.17, 15) is 8.42 Å². The van der Waals surface area contributed by atoms with Crippen LogP contribution in [0.15, 0.2) is 47.4 Å². The monoisotopic (exact) mass is 422 g/mol. The van der Waals surface area contributed by atoms with Crippen molar-refractivity contribution in [2.45, 2.75) is 11.4 Å². The van der Waals surface area contributed by atoms with E-state index in [0.29, 0.717) is 17.3 Å². The summed E-state index contributed by atoms with van der Waals surface area (Å²) in [5, 5.41) is 0.558. The molecule has 7 heteroatoms. The van der Waals surface area contributed by atoms with E-state index in [1.807, 2.05) is 22.6 Å². The van der Waals surface area contributed by atoms with Crippen LogP contribution in [0.2, 0.25) is 5.02 Å². The van der Waals surface area contributed by atoms with Crippen molar-refractivity contribution in [1.29, 1.82) is 0 Å². The summed E-state index contributed by atoms with van der Waals surface area (Å²) in [6.07, 6.45) is 0. The van der Waals surface area contributed by atoms with Gasteiger partial charge in [0.1, 0.15) is 0 Å². The predicted molar refractivity (Wildman–Crippen MR) is 89.3 cm³/mol. The van der Waals surface area contributed by atoms with E-state index < -0.39 is 10.0 Å². The summed E-state index contributed by atoms with van der Waals surface area (Å²) in [5.74, 6) is 0. The van der Waals surface area contributed by atoms with Gasteiger partial charge in [0.25, 0.3) is 10.0 Å². The molecule has 2 aromatic rings. The Morgan fingerprint density at radius 3 is 2.60 bits per heavy atom. The zero-order valence-electron chi connectivity index (χ0n) is 10.3. The Balaban J connectivity index is 2.35. The predicted octanol–water partition coefficient (Wildman–Crippen LogP) is 3.20. The summed E-state index contributed by atoms with van der Waals surface area (Å²) in [6.45, 7) is 0.293. The molecule has 4 nitrogen and oxygen atoms in total. The second-order valence-corrected chi connectivity index (χ2v) is 7.36. The first-order valence-electron chi connectivity index (χ1n) is 5.69. The van der Waals surface area contributed by atoms with Gasteiger partial charge in [-0.3, -0.25) is 4.72 Å². The van der Waals surface area contributed by atoms with Gasteiger partial charge in [0.2, 0.25) is 0 Å². The molecule has 106 valence electrons. The summed E-state index contributed by atoms with van der Waals surface area (Å²) in [4.78, 5) is 0.186. The van der Waals surface area contributed by atoms with E-state index in [1.165, 1.54) is 6.07 Å². The second kappa shape index (κ2) is 6.30. The average Bonchev–Trinajstić information content (AvgIpc) is 2.42. The Morgan fingerprint density at radius 1 is 1.20 bits per heavy atom. The quantitative estimate of drug-likeness (QED) is 0.743. The van der Waals surface area contributed by atoms with Crippen LogP contribution in [0.4, 0.5) is 5.69 Å². The highest BCUT2D eigenvalue weighted by Crippen LogP contribution is 2.25. The summed E-state index contributed by atoms with van der Waals surface area (Å²) in [6, 6.07) is 11.5. The van der Waals surface area contributed by atoms with Crippen LogP contribution in [-0.4, -0.2) is 8.42 Å². The van der Waals surface area contributed by atoms with Crippen LogP contribution in [0.3, 0.4) is 0 Å². The van der Waals surface area contributed by atoms with Crippen molar-refractivity contribution < 1.29 is 8.42 Å². The Labute approximate surface area is 136 Å². The molecule has 0 unspecified atom stereocenters. The Kier molecular flexibility index (Phi) is 4.90. The minimum absolute atomic E-state index is 0.186. The first kappa shape index (κ1) is 15.6. The SMILES string of the molecule is NCc1cccc(S(=O)(=O)Nc2ccc(Cl)cc2I)c1. The highest BCUT2D eigenvalue weighted by Gasteiger charge is 2.15. The molecule has 0 atom stereocenters. The molecule has 0 aliphatic carbocycles. The van der Waals surface area contributed by atoms with Gasteiger partial charge in [-0.1, -0.05) is 23.7 Å². The minimum atomic E-state index is -3.63. The van der Waals surface area contributed by atoms with E-state index >= 15 is 0 Å². The molecule has 0 bridgehead atoms. The van der Waals surface area contributed by atoms with E-state index in [1.54, 1.807) is 36.4 Å². The van der Waals surface area contributed by atoms with Gasteiger partial charge in [-0.2, -0.15) is 0 Å². The number of benzene rings is 2. The molecule has 0 amide bonds. The smallest absolute Gasteiger partial charge is 0.261 e. The van der Waals surface area contributed by atoms with Crippen molar-refractivity contribution in [3.05, 3.63) is 56.6 Å². The fraction of sp³-hybridized carbons (Fsp3) is 0.0769. The van der Waals surface area contributed by atoms with E-state index in [0.717, 1.165) is 9.13 Å². The minimum Gasteiger partial charge on any atom is -0.326 e. The second-order valence-electron chi connectivity index (χ2n) is 4.08. The third-order valence-electron chi connectivity index (χ3n) is 2.62. The van der Waals surface area contributed by atoms with Crippen LogP contribution in [0.25, 0.3) is 0 Å². The van der Waals surface area contributed by atoms with Gasteiger partial charge >= 0.3 is 0 Å². The van der Waals surface area contributed by atoms with Crippen molar-refractivity contribution in [1.82, 2.24) is 0 Å². The number of nitrogens with one attached hydrogen (secondary N) is 1. The zero-order chi connectivity index (χ0) is 14.8. The topological polar surface area (TPSA) is 72.2 Å². The van der Waals surface area contributed by atoms with Crippen LogP contribution < -0.4 is 10.5 Å². The van der Waals surface area contributed by atoms with Crippen molar-refractivity contribution in [2.75, 3.05) is 4.72 Å². The highest BCUT2D eigenvalue weighted by atomic mass is 127. The van der Waals surface area contributed by atoms with E-state index in [2.05, 4.69) is 4.72 Å². The fourth-order valence-corrected chi connectivity index (χ4v) is 3.95. The number of halogens is 2. The maximum absolute atomic E-state index is 12.3. The van der Waals surface area contributed by atoms with Crippen LogP contribution in [0, 0.1) is 3.57 Å². The summed E-state index contributed by atoms with van der Waals surface area (Å²) in [7, 11) is -3.63. The van der Waals surface area contributed by atoms with Crippen LogP contribution >= 0.6 is 34.2 Å². The van der Waals surface area contributed by atoms with Crippen LogP contribution in [-0.2, 0) is 16.6 Å².